The Morgan fingerprint density at radius 2 is 2.18 bits per heavy atom. The van der Waals surface area contributed by atoms with Gasteiger partial charge in [-0.25, -0.2) is 4.39 Å². The van der Waals surface area contributed by atoms with Gasteiger partial charge in [-0.1, -0.05) is 6.92 Å². The van der Waals surface area contributed by atoms with Gasteiger partial charge in [-0.05, 0) is 40.5 Å². The first-order valence-corrected chi connectivity index (χ1v) is 6.73. The van der Waals surface area contributed by atoms with Crippen LogP contribution >= 0.6 is 27.5 Å². The van der Waals surface area contributed by atoms with Crippen LogP contribution in [0.3, 0.4) is 0 Å². The van der Waals surface area contributed by atoms with Gasteiger partial charge in [-0.2, -0.15) is 0 Å². The van der Waals surface area contributed by atoms with Gasteiger partial charge in [0.05, 0.1) is 4.47 Å². The minimum Gasteiger partial charge on any atom is -0.337 e. The number of nitrogens with zero attached hydrogens (tertiary/aromatic N) is 1. The molecule has 0 saturated heterocycles. The lowest BCUT2D eigenvalue weighted by molar-refractivity contribution is 0.0765. The highest BCUT2D eigenvalue weighted by Gasteiger charge is 2.15. The Balaban J connectivity index is 2.88. The molecule has 1 aromatic rings. The minimum absolute atomic E-state index is 0.182. The molecule has 2 nitrogen and oxygen atoms in total. The summed E-state index contributed by atoms with van der Waals surface area (Å²) < 4.78 is 13.7. The maximum atomic E-state index is 13.3. The highest BCUT2D eigenvalue weighted by molar-refractivity contribution is 9.10. The van der Waals surface area contributed by atoms with E-state index in [4.69, 9.17) is 11.6 Å². The van der Waals surface area contributed by atoms with Crippen LogP contribution in [-0.4, -0.2) is 29.8 Å². The second-order valence-electron chi connectivity index (χ2n) is 3.61. The SMILES string of the molecule is CCCN(CCCl)C(=O)c1ccc(Br)c(F)c1. The zero-order chi connectivity index (χ0) is 12.8. The van der Waals surface area contributed by atoms with E-state index in [0.717, 1.165) is 6.42 Å². The molecule has 0 aliphatic carbocycles. The summed E-state index contributed by atoms with van der Waals surface area (Å²) in [6, 6.07) is 4.38. The molecule has 0 atom stereocenters. The van der Waals surface area contributed by atoms with E-state index in [0.29, 0.717) is 29.0 Å². The van der Waals surface area contributed by atoms with Crippen LogP contribution in [0.4, 0.5) is 4.39 Å². The number of amides is 1. The van der Waals surface area contributed by atoms with Crippen LogP contribution in [0.25, 0.3) is 0 Å². The number of rotatable bonds is 5. The van der Waals surface area contributed by atoms with Crippen LogP contribution in [0, 0.1) is 5.82 Å². The molecule has 0 spiro atoms. The van der Waals surface area contributed by atoms with E-state index in [1.54, 1.807) is 11.0 Å². The van der Waals surface area contributed by atoms with E-state index in [1.807, 2.05) is 6.92 Å². The number of hydrogen-bond acceptors (Lipinski definition) is 1. The molecular weight excluding hydrogens is 308 g/mol. The number of carbonyl (C=O) groups is 1. The van der Waals surface area contributed by atoms with Crippen molar-refractivity contribution in [1.29, 1.82) is 0 Å². The summed E-state index contributed by atoms with van der Waals surface area (Å²) in [6.45, 7) is 3.09. The molecule has 0 bridgehead atoms. The fourth-order valence-corrected chi connectivity index (χ4v) is 1.95. The van der Waals surface area contributed by atoms with Crippen molar-refractivity contribution in [3.8, 4) is 0 Å². The van der Waals surface area contributed by atoms with E-state index in [2.05, 4.69) is 15.9 Å². The van der Waals surface area contributed by atoms with Crippen LogP contribution in [0.15, 0.2) is 22.7 Å². The lowest BCUT2D eigenvalue weighted by atomic mass is 10.2. The standard InChI is InChI=1S/C12H14BrClFNO/c1-2-6-16(7-5-14)12(17)9-3-4-10(13)11(15)8-9/h3-4,8H,2,5-7H2,1H3. The molecule has 1 rings (SSSR count). The van der Waals surface area contributed by atoms with Crippen molar-refractivity contribution in [3.05, 3.63) is 34.1 Å². The number of carbonyl (C=O) groups excluding carboxylic acids is 1. The quantitative estimate of drug-likeness (QED) is 0.757. The van der Waals surface area contributed by atoms with E-state index in [-0.39, 0.29) is 5.91 Å². The van der Waals surface area contributed by atoms with Crippen molar-refractivity contribution >= 4 is 33.4 Å². The van der Waals surface area contributed by atoms with Gasteiger partial charge in [0.25, 0.3) is 5.91 Å². The van der Waals surface area contributed by atoms with Gasteiger partial charge in [-0.15, -0.1) is 11.6 Å². The molecule has 94 valence electrons. The number of alkyl halides is 1. The summed E-state index contributed by atoms with van der Waals surface area (Å²) >= 11 is 8.70. The molecule has 0 aliphatic heterocycles. The topological polar surface area (TPSA) is 20.3 Å². The van der Waals surface area contributed by atoms with E-state index >= 15 is 0 Å². The van der Waals surface area contributed by atoms with Gasteiger partial charge in [0.2, 0.25) is 0 Å². The van der Waals surface area contributed by atoms with E-state index in [1.165, 1.54) is 12.1 Å². The van der Waals surface area contributed by atoms with Crippen LogP contribution < -0.4 is 0 Å². The summed E-state index contributed by atoms with van der Waals surface area (Å²) in [5, 5.41) is 0. The summed E-state index contributed by atoms with van der Waals surface area (Å²) in [5.74, 6) is -0.234. The van der Waals surface area contributed by atoms with Gasteiger partial charge in [0.1, 0.15) is 5.82 Å². The van der Waals surface area contributed by atoms with Crippen molar-refractivity contribution in [2.24, 2.45) is 0 Å². The lowest BCUT2D eigenvalue weighted by Crippen LogP contribution is -2.33. The van der Waals surface area contributed by atoms with Crippen molar-refractivity contribution in [2.45, 2.75) is 13.3 Å². The van der Waals surface area contributed by atoms with E-state index in [9.17, 15) is 9.18 Å². The van der Waals surface area contributed by atoms with Crippen LogP contribution in [0.1, 0.15) is 23.7 Å². The van der Waals surface area contributed by atoms with Crippen LogP contribution in [0.5, 0.6) is 0 Å². The normalized spacial score (nSPS) is 10.4. The Morgan fingerprint density at radius 1 is 1.47 bits per heavy atom. The summed E-state index contributed by atoms with van der Waals surface area (Å²) in [6.07, 6.45) is 0.849. The molecule has 0 heterocycles. The average Bonchev–Trinajstić information content (AvgIpc) is 2.31. The third-order valence-corrected chi connectivity index (χ3v) is 3.11. The van der Waals surface area contributed by atoms with E-state index < -0.39 is 5.82 Å². The predicted molar refractivity (Wildman–Crippen MR) is 71.0 cm³/mol. The third kappa shape index (κ3) is 3.96. The molecule has 0 aromatic heterocycles. The Kier molecular flexibility index (Phi) is 5.92. The maximum absolute atomic E-state index is 13.3. The van der Waals surface area contributed by atoms with Crippen molar-refractivity contribution in [1.82, 2.24) is 4.90 Å². The summed E-state index contributed by atoms with van der Waals surface area (Å²) in [7, 11) is 0. The molecule has 17 heavy (non-hydrogen) atoms. The summed E-state index contributed by atoms with van der Waals surface area (Å²) in [4.78, 5) is 13.7. The zero-order valence-corrected chi connectivity index (χ0v) is 11.9. The lowest BCUT2D eigenvalue weighted by Gasteiger charge is -2.21. The number of benzene rings is 1. The minimum atomic E-state index is -0.432. The molecule has 0 saturated carbocycles. The van der Waals surface area contributed by atoms with Gasteiger partial charge < -0.3 is 4.90 Å². The van der Waals surface area contributed by atoms with Crippen molar-refractivity contribution in [3.63, 3.8) is 0 Å². The fourth-order valence-electron chi connectivity index (χ4n) is 1.50. The smallest absolute Gasteiger partial charge is 0.253 e. The van der Waals surface area contributed by atoms with Crippen molar-refractivity contribution < 1.29 is 9.18 Å². The average molecular weight is 323 g/mol. The number of hydrogen-bond donors (Lipinski definition) is 0. The molecule has 1 aromatic carbocycles. The second-order valence-corrected chi connectivity index (χ2v) is 4.84. The molecule has 1 amide bonds. The van der Waals surface area contributed by atoms with Gasteiger partial charge in [-0.3, -0.25) is 4.79 Å². The number of halogens is 3. The first-order chi connectivity index (χ1) is 8.10. The van der Waals surface area contributed by atoms with Gasteiger partial charge in [0, 0.05) is 24.5 Å². The van der Waals surface area contributed by atoms with Crippen LogP contribution in [0.2, 0.25) is 0 Å². The summed E-state index contributed by atoms with van der Waals surface area (Å²) in [5.41, 5.74) is 0.351. The highest BCUT2D eigenvalue weighted by atomic mass is 79.9. The molecular formula is C12H14BrClFNO. The molecule has 5 heteroatoms. The van der Waals surface area contributed by atoms with Gasteiger partial charge >= 0.3 is 0 Å². The molecule has 0 aliphatic rings. The van der Waals surface area contributed by atoms with Crippen molar-refractivity contribution in [2.75, 3.05) is 19.0 Å². The maximum Gasteiger partial charge on any atom is 0.253 e. The first-order valence-electron chi connectivity index (χ1n) is 5.40. The third-order valence-electron chi connectivity index (χ3n) is 2.30. The largest absolute Gasteiger partial charge is 0.337 e. The predicted octanol–water partition coefficient (Wildman–Crippen LogP) is 3.68. The Bertz CT molecular complexity index is 394. The molecule has 0 N–H and O–H groups in total. The zero-order valence-electron chi connectivity index (χ0n) is 9.55. The Labute approximate surface area is 114 Å². The Morgan fingerprint density at radius 3 is 2.71 bits per heavy atom. The second kappa shape index (κ2) is 6.97. The van der Waals surface area contributed by atoms with Gasteiger partial charge in [0.15, 0.2) is 0 Å². The first kappa shape index (κ1) is 14.5. The fraction of sp³-hybridized carbons (Fsp3) is 0.417. The molecule has 0 unspecified atom stereocenters. The molecule has 0 fully saturated rings. The molecule has 0 radical (unpaired) electrons. The highest BCUT2D eigenvalue weighted by Crippen LogP contribution is 2.17. The monoisotopic (exact) mass is 321 g/mol. The van der Waals surface area contributed by atoms with Crippen LogP contribution in [-0.2, 0) is 0 Å². The Hall–Kier alpha value is -0.610.